The summed E-state index contributed by atoms with van der Waals surface area (Å²) in [6.45, 7) is 1.84. The Hall–Kier alpha value is -1.68. The van der Waals surface area contributed by atoms with E-state index in [9.17, 15) is 9.18 Å². The van der Waals surface area contributed by atoms with Crippen LogP contribution in [-0.4, -0.2) is 5.91 Å². The average molecular weight is 334 g/mol. The smallest absolute Gasteiger partial charge is 0.232 e. The third kappa shape index (κ3) is 2.24. The van der Waals surface area contributed by atoms with E-state index in [-0.39, 0.29) is 17.6 Å². The zero-order valence-corrected chi connectivity index (χ0v) is 12.5. The number of nitrogens with one attached hydrogen (secondary N) is 1. The van der Waals surface area contributed by atoms with Gasteiger partial charge in [0.1, 0.15) is 5.82 Å². The molecule has 1 N–H and O–H groups in total. The van der Waals surface area contributed by atoms with Crippen LogP contribution in [0.15, 0.2) is 40.9 Å². The van der Waals surface area contributed by atoms with E-state index in [4.69, 9.17) is 0 Å². The monoisotopic (exact) mass is 333 g/mol. The number of carbonyl (C=O) groups is 1. The standard InChI is InChI=1S/C16H13BrFNO/c1-9-6-13(17)14(18)8-15(9)19-16(20)12-7-10-4-2-3-5-11(10)12/h2-6,8,12H,7H2,1H3,(H,19,20). The van der Waals surface area contributed by atoms with Gasteiger partial charge < -0.3 is 5.32 Å². The van der Waals surface area contributed by atoms with Crippen molar-refractivity contribution in [3.05, 3.63) is 63.4 Å². The van der Waals surface area contributed by atoms with Crippen LogP contribution in [0.4, 0.5) is 10.1 Å². The summed E-state index contributed by atoms with van der Waals surface area (Å²) in [5.74, 6) is -0.578. The quantitative estimate of drug-likeness (QED) is 0.877. The fraction of sp³-hybridized carbons (Fsp3) is 0.188. The predicted octanol–water partition coefficient (Wildman–Crippen LogP) is 4.18. The number of carbonyl (C=O) groups excluding carboxylic acids is 1. The number of halogens is 2. The topological polar surface area (TPSA) is 29.1 Å². The first kappa shape index (κ1) is 13.3. The van der Waals surface area contributed by atoms with Crippen LogP contribution < -0.4 is 5.32 Å². The van der Waals surface area contributed by atoms with Crippen LogP contribution in [0, 0.1) is 12.7 Å². The van der Waals surface area contributed by atoms with Crippen molar-refractivity contribution in [1.82, 2.24) is 0 Å². The Bertz CT molecular complexity index is 699. The van der Waals surface area contributed by atoms with Gasteiger partial charge in [0.15, 0.2) is 0 Å². The molecule has 0 radical (unpaired) electrons. The molecule has 0 aliphatic heterocycles. The Kier molecular flexibility index (Phi) is 3.34. The van der Waals surface area contributed by atoms with Gasteiger partial charge in [-0.05, 0) is 58.1 Å². The molecule has 0 spiro atoms. The van der Waals surface area contributed by atoms with Gasteiger partial charge in [-0.3, -0.25) is 4.79 Å². The lowest BCUT2D eigenvalue weighted by Gasteiger charge is -2.29. The lowest BCUT2D eigenvalue weighted by atomic mass is 9.77. The normalized spacial score (nSPS) is 16.2. The van der Waals surface area contributed by atoms with Crippen LogP contribution in [0.25, 0.3) is 0 Å². The van der Waals surface area contributed by atoms with Crippen LogP contribution in [-0.2, 0) is 11.2 Å². The van der Waals surface area contributed by atoms with Gasteiger partial charge in [-0.2, -0.15) is 0 Å². The summed E-state index contributed by atoms with van der Waals surface area (Å²) in [5, 5.41) is 2.82. The number of hydrogen-bond acceptors (Lipinski definition) is 1. The molecule has 1 amide bonds. The Morgan fingerprint density at radius 1 is 1.35 bits per heavy atom. The minimum atomic E-state index is -0.375. The molecule has 1 aliphatic carbocycles. The van der Waals surface area contributed by atoms with E-state index >= 15 is 0 Å². The van der Waals surface area contributed by atoms with E-state index in [1.165, 1.54) is 11.6 Å². The minimum Gasteiger partial charge on any atom is -0.325 e. The highest BCUT2D eigenvalue weighted by molar-refractivity contribution is 9.10. The molecule has 2 aromatic rings. The SMILES string of the molecule is Cc1cc(Br)c(F)cc1NC(=O)C1Cc2ccccc21. The maximum atomic E-state index is 13.5. The van der Waals surface area contributed by atoms with Crippen molar-refractivity contribution in [2.24, 2.45) is 0 Å². The van der Waals surface area contributed by atoms with Gasteiger partial charge in [-0.15, -0.1) is 0 Å². The van der Waals surface area contributed by atoms with E-state index in [2.05, 4.69) is 21.2 Å². The first-order valence-corrected chi connectivity index (χ1v) is 7.20. The van der Waals surface area contributed by atoms with E-state index in [0.29, 0.717) is 10.2 Å². The third-order valence-electron chi connectivity index (χ3n) is 3.70. The summed E-state index contributed by atoms with van der Waals surface area (Å²) in [6.07, 6.45) is 0.750. The molecule has 3 rings (SSSR count). The fourth-order valence-corrected chi connectivity index (χ4v) is 2.95. The Labute approximate surface area is 125 Å². The molecule has 0 fully saturated rings. The second-order valence-corrected chi connectivity index (χ2v) is 5.88. The van der Waals surface area contributed by atoms with Crippen LogP contribution in [0.1, 0.15) is 22.6 Å². The first-order chi connectivity index (χ1) is 9.56. The molecule has 20 heavy (non-hydrogen) atoms. The van der Waals surface area contributed by atoms with Gasteiger partial charge in [-0.1, -0.05) is 24.3 Å². The lowest BCUT2D eigenvalue weighted by Crippen LogP contribution is -2.30. The van der Waals surface area contributed by atoms with E-state index in [1.807, 2.05) is 31.2 Å². The average Bonchev–Trinajstić information content (AvgIpc) is 2.37. The number of aryl methyl sites for hydroxylation is 1. The van der Waals surface area contributed by atoms with Gasteiger partial charge in [0, 0.05) is 5.69 Å². The van der Waals surface area contributed by atoms with Crippen molar-refractivity contribution in [3.8, 4) is 0 Å². The molecule has 0 bridgehead atoms. The fourth-order valence-electron chi connectivity index (χ4n) is 2.49. The highest BCUT2D eigenvalue weighted by Gasteiger charge is 2.31. The highest BCUT2D eigenvalue weighted by Crippen LogP contribution is 2.36. The zero-order chi connectivity index (χ0) is 14.3. The lowest BCUT2D eigenvalue weighted by molar-refractivity contribution is -0.118. The summed E-state index contributed by atoms with van der Waals surface area (Å²) < 4.78 is 14.0. The predicted molar refractivity (Wildman–Crippen MR) is 80.4 cm³/mol. The molecule has 1 aliphatic rings. The van der Waals surface area contributed by atoms with Crippen molar-refractivity contribution >= 4 is 27.5 Å². The van der Waals surface area contributed by atoms with Crippen molar-refractivity contribution in [1.29, 1.82) is 0 Å². The molecule has 0 saturated heterocycles. The van der Waals surface area contributed by atoms with Crippen LogP contribution in [0.5, 0.6) is 0 Å². The number of benzene rings is 2. The molecular weight excluding hydrogens is 321 g/mol. The van der Waals surface area contributed by atoms with Crippen molar-refractivity contribution < 1.29 is 9.18 Å². The Balaban J connectivity index is 1.80. The van der Waals surface area contributed by atoms with Crippen molar-refractivity contribution in [3.63, 3.8) is 0 Å². The summed E-state index contributed by atoms with van der Waals surface area (Å²) in [6, 6.07) is 10.9. The maximum absolute atomic E-state index is 13.5. The second-order valence-electron chi connectivity index (χ2n) is 5.03. The number of fused-ring (bicyclic) bond motifs is 1. The summed E-state index contributed by atoms with van der Waals surface area (Å²) in [5.41, 5.74) is 3.64. The molecule has 2 nitrogen and oxygen atoms in total. The molecule has 0 heterocycles. The Morgan fingerprint density at radius 3 is 2.85 bits per heavy atom. The van der Waals surface area contributed by atoms with Gasteiger partial charge in [0.25, 0.3) is 0 Å². The van der Waals surface area contributed by atoms with E-state index < -0.39 is 0 Å². The van der Waals surface area contributed by atoms with Gasteiger partial charge >= 0.3 is 0 Å². The van der Waals surface area contributed by atoms with Gasteiger partial charge in [-0.25, -0.2) is 4.39 Å². The maximum Gasteiger partial charge on any atom is 0.232 e. The number of rotatable bonds is 2. The van der Waals surface area contributed by atoms with Crippen LogP contribution in [0.3, 0.4) is 0 Å². The molecular formula is C16H13BrFNO. The number of anilines is 1. The third-order valence-corrected chi connectivity index (χ3v) is 4.30. The highest BCUT2D eigenvalue weighted by atomic mass is 79.9. The largest absolute Gasteiger partial charge is 0.325 e. The van der Waals surface area contributed by atoms with Gasteiger partial charge in [0.05, 0.1) is 10.4 Å². The summed E-state index contributed by atoms with van der Waals surface area (Å²) in [7, 11) is 0. The molecule has 4 heteroatoms. The first-order valence-electron chi connectivity index (χ1n) is 6.40. The van der Waals surface area contributed by atoms with Crippen molar-refractivity contribution in [2.45, 2.75) is 19.3 Å². The van der Waals surface area contributed by atoms with Crippen molar-refractivity contribution in [2.75, 3.05) is 5.32 Å². The van der Waals surface area contributed by atoms with Gasteiger partial charge in [0.2, 0.25) is 5.91 Å². The number of hydrogen-bond donors (Lipinski definition) is 1. The number of amides is 1. The zero-order valence-electron chi connectivity index (χ0n) is 10.9. The molecule has 1 unspecified atom stereocenters. The minimum absolute atomic E-state index is 0.0754. The molecule has 0 saturated carbocycles. The van der Waals surface area contributed by atoms with E-state index in [1.54, 1.807) is 6.07 Å². The Morgan fingerprint density at radius 2 is 2.10 bits per heavy atom. The van der Waals surface area contributed by atoms with Crippen LogP contribution in [0.2, 0.25) is 0 Å². The molecule has 102 valence electrons. The molecule has 0 aromatic heterocycles. The van der Waals surface area contributed by atoms with Crippen LogP contribution >= 0.6 is 15.9 Å². The molecule has 1 atom stereocenters. The summed E-state index contributed by atoms with van der Waals surface area (Å²) >= 11 is 3.13. The summed E-state index contributed by atoms with van der Waals surface area (Å²) in [4.78, 5) is 12.3. The van der Waals surface area contributed by atoms with E-state index in [0.717, 1.165) is 17.5 Å². The second kappa shape index (κ2) is 5.02. The molecule has 2 aromatic carbocycles.